The summed E-state index contributed by atoms with van der Waals surface area (Å²) >= 11 is 4.15. The maximum absolute atomic E-state index is 10.8. The van der Waals surface area contributed by atoms with Crippen LogP contribution in [-0.4, -0.2) is 4.92 Å². The van der Waals surface area contributed by atoms with E-state index in [0.29, 0.717) is 11.5 Å². The normalized spacial score (nSPS) is 10.1. The molecule has 0 saturated heterocycles. The Labute approximate surface area is 110 Å². The SMILES string of the molecule is O=[N+]([O-])c1ccc(S)cc1OCc1ccccc1. The van der Waals surface area contributed by atoms with Gasteiger partial charge in [0.05, 0.1) is 4.92 Å². The molecule has 0 N–H and O–H groups in total. The van der Waals surface area contributed by atoms with Gasteiger partial charge in [0, 0.05) is 17.0 Å². The molecule has 92 valence electrons. The number of benzene rings is 2. The van der Waals surface area contributed by atoms with Crippen LogP contribution in [0.2, 0.25) is 0 Å². The fraction of sp³-hybridized carbons (Fsp3) is 0.0769. The molecule has 0 aliphatic carbocycles. The first-order chi connectivity index (χ1) is 8.66. The van der Waals surface area contributed by atoms with Crippen LogP contribution < -0.4 is 4.74 Å². The number of nitro groups is 1. The molecule has 0 saturated carbocycles. The predicted molar refractivity (Wildman–Crippen MR) is 71.1 cm³/mol. The van der Waals surface area contributed by atoms with Crippen LogP contribution in [0.3, 0.4) is 0 Å². The highest BCUT2D eigenvalue weighted by atomic mass is 32.1. The lowest BCUT2D eigenvalue weighted by Gasteiger charge is -2.07. The minimum Gasteiger partial charge on any atom is -0.482 e. The molecule has 0 amide bonds. The Morgan fingerprint density at radius 2 is 1.89 bits per heavy atom. The van der Waals surface area contributed by atoms with Gasteiger partial charge in [0.25, 0.3) is 0 Å². The van der Waals surface area contributed by atoms with Gasteiger partial charge in [0.2, 0.25) is 0 Å². The van der Waals surface area contributed by atoms with Crippen LogP contribution in [0, 0.1) is 10.1 Å². The Balaban J connectivity index is 2.18. The molecule has 0 aliphatic heterocycles. The monoisotopic (exact) mass is 261 g/mol. The fourth-order valence-corrected chi connectivity index (χ4v) is 1.70. The topological polar surface area (TPSA) is 52.4 Å². The van der Waals surface area contributed by atoms with E-state index >= 15 is 0 Å². The van der Waals surface area contributed by atoms with Crippen LogP contribution in [0.15, 0.2) is 53.4 Å². The Kier molecular flexibility index (Phi) is 3.84. The quantitative estimate of drug-likeness (QED) is 0.521. The van der Waals surface area contributed by atoms with E-state index in [9.17, 15) is 10.1 Å². The summed E-state index contributed by atoms with van der Waals surface area (Å²) in [5.41, 5.74) is 0.903. The molecule has 0 heterocycles. The number of thiol groups is 1. The molecule has 0 fully saturated rings. The van der Waals surface area contributed by atoms with Crippen LogP contribution >= 0.6 is 12.6 Å². The van der Waals surface area contributed by atoms with Gasteiger partial charge in [0.15, 0.2) is 5.75 Å². The van der Waals surface area contributed by atoms with Crippen molar-refractivity contribution in [1.82, 2.24) is 0 Å². The highest BCUT2D eigenvalue weighted by Crippen LogP contribution is 2.29. The molecule has 0 atom stereocenters. The van der Waals surface area contributed by atoms with Crippen molar-refractivity contribution in [2.24, 2.45) is 0 Å². The van der Waals surface area contributed by atoms with Gasteiger partial charge in [-0.3, -0.25) is 10.1 Å². The Morgan fingerprint density at radius 3 is 2.56 bits per heavy atom. The van der Waals surface area contributed by atoms with Gasteiger partial charge in [-0.1, -0.05) is 30.3 Å². The molecule has 4 nitrogen and oxygen atoms in total. The van der Waals surface area contributed by atoms with E-state index in [1.165, 1.54) is 6.07 Å². The highest BCUT2D eigenvalue weighted by Gasteiger charge is 2.14. The van der Waals surface area contributed by atoms with E-state index < -0.39 is 4.92 Å². The van der Waals surface area contributed by atoms with Gasteiger partial charge >= 0.3 is 5.69 Å². The minimum atomic E-state index is -0.465. The molecule has 0 bridgehead atoms. The molecule has 0 aromatic heterocycles. The summed E-state index contributed by atoms with van der Waals surface area (Å²) in [5, 5.41) is 10.8. The first kappa shape index (κ1) is 12.4. The maximum Gasteiger partial charge on any atom is 0.311 e. The van der Waals surface area contributed by atoms with Crippen LogP contribution in [0.5, 0.6) is 5.75 Å². The average Bonchev–Trinajstić information content (AvgIpc) is 2.37. The van der Waals surface area contributed by atoms with Crippen molar-refractivity contribution in [3.8, 4) is 5.75 Å². The minimum absolute atomic E-state index is 0.0521. The molecule has 0 unspecified atom stereocenters. The van der Waals surface area contributed by atoms with E-state index in [4.69, 9.17) is 4.74 Å². The fourth-order valence-electron chi connectivity index (χ4n) is 1.50. The smallest absolute Gasteiger partial charge is 0.311 e. The van der Waals surface area contributed by atoms with E-state index in [1.807, 2.05) is 30.3 Å². The summed E-state index contributed by atoms with van der Waals surface area (Å²) in [6.07, 6.45) is 0. The molecule has 0 aliphatic rings. The molecule has 5 heteroatoms. The molecule has 2 aromatic rings. The third kappa shape index (κ3) is 3.01. The lowest BCUT2D eigenvalue weighted by Crippen LogP contribution is -1.99. The van der Waals surface area contributed by atoms with E-state index in [-0.39, 0.29) is 11.4 Å². The Bertz CT molecular complexity index is 557. The second-order valence-electron chi connectivity index (χ2n) is 3.68. The first-order valence-corrected chi connectivity index (χ1v) is 5.75. The van der Waals surface area contributed by atoms with E-state index in [0.717, 1.165) is 5.56 Å². The van der Waals surface area contributed by atoms with Gasteiger partial charge in [-0.25, -0.2) is 0 Å². The van der Waals surface area contributed by atoms with Gasteiger partial charge in [0.1, 0.15) is 6.61 Å². The summed E-state index contributed by atoms with van der Waals surface area (Å²) in [4.78, 5) is 11.0. The summed E-state index contributed by atoms with van der Waals surface area (Å²) in [6, 6.07) is 14.0. The van der Waals surface area contributed by atoms with Crippen molar-refractivity contribution >= 4 is 18.3 Å². The summed E-state index contributed by atoms with van der Waals surface area (Å²) in [6.45, 7) is 0.291. The number of hydrogen-bond acceptors (Lipinski definition) is 4. The number of nitro benzene ring substituents is 1. The predicted octanol–water partition coefficient (Wildman–Crippen LogP) is 3.46. The van der Waals surface area contributed by atoms with Gasteiger partial charge in [-0.05, 0) is 11.6 Å². The number of ether oxygens (including phenoxy) is 1. The van der Waals surface area contributed by atoms with Crippen LogP contribution in [0.4, 0.5) is 5.69 Å². The second-order valence-corrected chi connectivity index (χ2v) is 4.20. The first-order valence-electron chi connectivity index (χ1n) is 5.31. The molecular formula is C13H11NO3S. The molecule has 2 rings (SSSR count). The van der Waals surface area contributed by atoms with Crippen LogP contribution in [-0.2, 0) is 6.61 Å². The molecular weight excluding hydrogens is 250 g/mol. The van der Waals surface area contributed by atoms with Crippen LogP contribution in [0.1, 0.15) is 5.56 Å². The van der Waals surface area contributed by atoms with Crippen molar-refractivity contribution in [2.45, 2.75) is 11.5 Å². The summed E-state index contributed by atoms with van der Waals surface area (Å²) < 4.78 is 5.47. The third-order valence-corrected chi connectivity index (χ3v) is 2.66. The van der Waals surface area contributed by atoms with Crippen molar-refractivity contribution in [3.05, 3.63) is 64.2 Å². The largest absolute Gasteiger partial charge is 0.482 e. The standard InChI is InChI=1S/C13H11NO3S/c15-14(16)12-7-6-11(18)8-13(12)17-9-10-4-2-1-3-5-10/h1-8,18H,9H2. The molecule has 0 spiro atoms. The third-order valence-electron chi connectivity index (χ3n) is 2.38. The summed E-state index contributed by atoms with van der Waals surface area (Å²) in [5.74, 6) is 0.233. The maximum atomic E-state index is 10.8. The lowest BCUT2D eigenvalue weighted by atomic mass is 10.2. The molecule has 18 heavy (non-hydrogen) atoms. The zero-order valence-corrected chi connectivity index (χ0v) is 10.3. The van der Waals surface area contributed by atoms with Gasteiger partial charge in [-0.15, -0.1) is 12.6 Å². The average molecular weight is 261 g/mol. The zero-order chi connectivity index (χ0) is 13.0. The van der Waals surface area contributed by atoms with E-state index in [2.05, 4.69) is 12.6 Å². The Hall–Kier alpha value is -2.01. The van der Waals surface area contributed by atoms with Gasteiger partial charge < -0.3 is 4.74 Å². The molecule has 0 radical (unpaired) electrons. The van der Waals surface area contributed by atoms with Crippen LogP contribution in [0.25, 0.3) is 0 Å². The van der Waals surface area contributed by atoms with Gasteiger partial charge in [-0.2, -0.15) is 0 Å². The van der Waals surface area contributed by atoms with Crippen molar-refractivity contribution in [1.29, 1.82) is 0 Å². The highest BCUT2D eigenvalue weighted by molar-refractivity contribution is 7.80. The number of rotatable bonds is 4. The van der Waals surface area contributed by atoms with E-state index in [1.54, 1.807) is 12.1 Å². The van der Waals surface area contributed by atoms with Crippen molar-refractivity contribution < 1.29 is 9.66 Å². The Morgan fingerprint density at radius 1 is 1.17 bits per heavy atom. The van der Waals surface area contributed by atoms with Crippen molar-refractivity contribution in [3.63, 3.8) is 0 Å². The molecule has 2 aromatic carbocycles. The summed E-state index contributed by atoms with van der Waals surface area (Å²) in [7, 11) is 0. The lowest BCUT2D eigenvalue weighted by molar-refractivity contribution is -0.386. The van der Waals surface area contributed by atoms with Crippen molar-refractivity contribution in [2.75, 3.05) is 0 Å². The second kappa shape index (κ2) is 5.55. The number of hydrogen-bond donors (Lipinski definition) is 1. The zero-order valence-electron chi connectivity index (χ0n) is 9.45. The number of nitrogens with zero attached hydrogens (tertiary/aromatic N) is 1.